The van der Waals surface area contributed by atoms with Crippen LogP contribution >= 0.6 is 0 Å². The lowest BCUT2D eigenvalue weighted by atomic mass is 10.2. The number of amides is 1. The summed E-state index contributed by atoms with van der Waals surface area (Å²) < 4.78 is 5.60. The summed E-state index contributed by atoms with van der Waals surface area (Å²) in [6.45, 7) is 2.61. The number of para-hydroxylation sites is 1. The summed E-state index contributed by atoms with van der Waals surface area (Å²) in [4.78, 5) is 22.0. The van der Waals surface area contributed by atoms with Crippen LogP contribution in [0.2, 0.25) is 0 Å². The van der Waals surface area contributed by atoms with Gasteiger partial charge in [-0.15, -0.1) is 0 Å². The van der Waals surface area contributed by atoms with Crippen LogP contribution in [-0.4, -0.2) is 23.7 Å². The van der Waals surface area contributed by atoms with Crippen LogP contribution in [0.4, 0.5) is 5.69 Å². The maximum Gasteiger partial charge on any atom is 0.271 e. The number of rotatable bonds is 7. The number of nitro benzene ring substituents is 1. The first-order valence-corrected chi connectivity index (χ1v) is 7.41. The summed E-state index contributed by atoms with van der Waals surface area (Å²) in [5, 5.41) is 14.5. The molecule has 0 unspecified atom stereocenters. The Balaban J connectivity index is 2.01. The van der Waals surface area contributed by atoms with Crippen LogP contribution in [0.5, 0.6) is 5.75 Å². The maximum atomic E-state index is 11.9. The zero-order chi connectivity index (χ0) is 17.4. The second-order valence-electron chi connectivity index (χ2n) is 4.89. The Morgan fingerprint density at radius 1 is 1.25 bits per heavy atom. The third kappa shape index (κ3) is 4.64. The van der Waals surface area contributed by atoms with E-state index in [1.165, 1.54) is 30.5 Å². The van der Waals surface area contributed by atoms with Crippen molar-refractivity contribution >= 4 is 17.8 Å². The number of hydrogen-bond acceptors (Lipinski definition) is 5. The SMILES string of the molecule is CCCOc1ccccc1/C=N/NC(=O)c1ccc([N+](=O)[O-])cc1. The first-order valence-electron chi connectivity index (χ1n) is 7.41. The van der Waals surface area contributed by atoms with Gasteiger partial charge in [-0.2, -0.15) is 5.10 Å². The largest absolute Gasteiger partial charge is 0.493 e. The van der Waals surface area contributed by atoms with E-state index in [4.69, 9.17) is 4.74 Å². The van der Waals surface area contributed by atoms with Crippen LogP contribution in [0.3, 0.4) is 0 Å². The summed E-state index contributed by atoms with van der Waals surface area (Å²) in [5.74, 6) is 0.237. The Labute approximate surface area is 139 Å². The summed E-state index contributed by atoms with van der Waals surface area (Å²) in [7, 11) is 0. The lowest BCUT2D eigenvalue weighted by molar-refractivity contribution is -0.384. The number of non-ortho nitro benzene ring substituents is 1. The summed E-state index contributed by atoms with van der Waals surface area (Å²) in [6, 6.07) is 12.7. The number of hydrazone groups is 1. The van der Waals surface area contributed by atoms with Crippen LogP contribution in [0.1, 0.15) is 29.3 Å². The smallest absolute Gasteiger partial charge is 0.271 e. The number of hydrogen-bond donors (Lipinski definition) is 1. The molecule has 0 bridgehead atoms. The highest BCUT2D eigenvalue weighted by Gasteiger charge is 2.08. The quantitative estimate of drug-likeness (QED) is 0.480. The van der Waals surface area contributed by atoms with Gasteiger partial charge in [0.15, 0.2) is 0 Å². The number of carbonyl (C=O) groups excluding carboxylic acids is 1. The van der Waals surface area contributed by atoms with Crippen LogP contribution in [0.25, 0.3) is 0 Å². The molecule has 0 aliphatic rings. The van der Waals surface area contributed by atoms with Crippen LogP contribution < -0.4 is 10.2 Å². The molecular weight excluding hydrogens is 310 g/mol. The van der Waals surface area contributed by atoms with E-state index in [0.717, 1.165) is 12.0 Å². The Hall–Kier alpha value is -3.22. The summed E-state index contributed by atoms with van der Waals surface area (Å²) >= 11 is 0. The minimum absolute atomic E-state index is 0.0722. The van der Waals surface area contributed by atoms with Crippen molar-refractivity contribution in [2.45, 2.75) is 13.3 Å². The highest BCUT2D eigenvalue weighted by Crippen LogP contribution is 2.16. The number of nitrogens with zero attached hydrogens (tertiary/aromatic N) is 2. The van der Waals surface area contributed by atoms with E-state index in [9.17, 15) is 14.9 Å². The van der Waals surface area contributed by atoms with Gasteiger partial charge in [0.2, 0.25) is 0 Å². The second kappa shape index (κ2) is 8.42. The normalized spacial score (nSPS) is 10.5. The van der Waals surface area contributed by atoms with E-state index < -0.39 is 10.8 Å². The first-order chi connectivity index (χ1) is 11.6. The van der Waals surface area contributed by atoms with Gasteiger partial charge < -0.3 is 4.74 Å². The first kappa shape index (κ1) is 17.1. The number of nitrogens with one attached hydrogen (secondary N) is 1. The molecule has 0 aliphatic heterocycles. The number of carbonyl (C=O) groups is 1. The van der Waals surface area contributed by atoms with Crippen molar-refractivity contribution < 1.29 is 14.5 Å². The van der Waals surface area contributed by atoms with Crippen molar-refractivity contribution in [3.63, 3.8) is 0 Å². The standard InChI is InChI=1S/C17H17N3O4/c1-2-11-24-16-6-4-3-5-14(16)12-18-19-17(21)13-7-9-15(10-8-13)20(22)23/h3-10,12H,2,11H2,1H3,(H,19,21)/b18-12+. The monoisotopic (exact) mass is 327 g/mol. The molecule has 0 aromatic heterocycles. The van der Waals surface area contributed by atoms with Crippen molar-refractivity contribution in [2.24, 2.45) is 5.10 Å². The van der Waals surface area contributed by atoms with Gasteiger partial charge >= 0.3 is 0 Å². The topological polar surface area (TPSA) is 93.8 Å². The highest BCUT2D eigenvalue weighted by molar-refractivity contribution is 5.95. The molecule has 2 aromatic carbocycles. The van der Waals surface area contributed by atoms with Gasteiger partial charge in [0, 0.05) is 23.3 Å². The van der Waals surface area contributed by atoms with Gasteiger partial charge in [0.25, 0.3) is 11.6 Å². The fourth-order valence-electron chi connectivity index (χ4n) is 1.89. The molecule has 7 heteroatoms. The Morgan fingerprint density at radius 2 is 1.96 bits per heavy atom. The van der Waals surface area contributed by atoms with Crippen molar-refractivity contribution in [1.82, 2.24) is 5.43 Å². The zero-order valence-corrected chi connectivity index (χ0v) is 13.1. The number of ether oxygens (including phenoxy) is 1. The Kier molecular flexibility index (Phi) is 6.01. The molecule has 24 heavy (non-hydrogen) atoms. The molecule has 0 radical (unpaired) electrons. The summed E-state index contributed by atoms with van der Waals surface area (Å²) in [5.41, 5.74) is 3.34. The molecule has 0 atom stereocenters. The van der Waals surface area contributed by atoms with E-state index in [1.807, 2.05) is 31.2 Å². The van der Waals surface area contributed by atoms with E-state index >= 15 is 0 Å². The zero-order valence-electron chi connectivity index (χ0n) is 13.1. The highest BCUT2D eigenvalue weighted by atomic mass is 16.6. The molecular formula is C17H17N3O4. The molecule has 0 saturated carbocycles. The fourth-order valence-corrected chi connectivity index (χ4v) is 1.89. The molecule has 0 spiro atoms. The van der Waals surface area contributed by atoms with Gasteiger partial charge in [-0.05, 0) is 30.7 Å². The number of benzene rings is 2. The average molecular weight is 327 g/mol. The minimum Gasteiger partial charge on any atom is -0.493 e. The van der Waals surface area contributed by atoms with Crippen molar-refractivity contribution in [1.29, 1.82) is 0 Å². The molecule has 2 rings (SSSR count). The van der Waals surface area contributed by atoms with E-state index in [1.54, 1.807) is 0 Å². The fraction of sp³-hybridized carbons (Fsp3) is 0.176. The van der Waals surface area contributed by atoms with Crippen molar-refractivity contribution in [2.75, 3.05) is 6.61 Å². The lowest BCUT2D eigenvalue weighted by Gasteiger charge is -2.07. The van der Waals surface area contributed by atoms with Crippen LogP contribution in [-0.2, 0) is 0 Å². The summed E-state index contributed by atoms with van der Waals surface area (Å²) in [6.07, 6.45) is 2.39. The molecule has 1 amide bonds. The Bertz CT molecular complexity index is 742. The number of nitro groups is 1. The van der Waals surface area contributed by atoms with Crippen molar-refractivity contribution in [3.8, 4) is 5.75 Å². The minimum atomic E-state index is -0.521. The lowest BCUT2D eigenvalue weighted by Crippen LogP contribution is -2.17. The van der Waals surface area contributed by atoms with Gasteiger partial charge in [-0.3, -0.25) is 14.9 Å². The third-order valence-electron chi connectivity index (χ3n) is 3.09. The average Bonchev–Trinajstić information content (AvgIpc) is 2.60. The van der Waals surface area contributed by atoms with E-state index in [0.29, 0.717) is 12.4 Å². The van der Waals surface area contributed by atoms with Gasteiger partial charge in [-0.25, -0.2) is 5.43 Å². The molecule has 2 aromatic rings. The van der Waals surface area contributed by atoms with Crippen LogP contribution in [0, 0.1) is 10.1 Å². The van der Waals surface area contributed by atoms with Gasteiger partial charge in [0.05, 0.1) is 17.7 Å². The second-order valence-corrected chi connectivity index (χ2v) is 4.89. The molecule has 0 fully saturated rings. The maximum absolute atomic E-state index is 11.9. The predicted molar refractivity (Wildman–Crippen MR) is 90.4 cm³/mol. The Morgan fingerprint density at radius 3 is 2.62 bits per heavy atom. The van der Waals surface area contributed by atoms with E-state index in [2.05, 4.69) is 10.5 Å². The molecule has 0 heterocycles. The third-order valence-corrected chi connectivity index (χ3v) is 3.09. The molecule has 124 valence electrons. The molecule has 7 nitrogen and oxygen atoms in total. The van der Waals surface area contributed by atoms with Crippen LogP contribution in [0.15, 0.2) is 53.6 Å². The van der Waals surface area contributed by atoms with Gasteiger partial charge in [-0.1, -0.05) is 19.1 Å². The molecule has 0 aliphatic carbocycles. The predicted octanol–water partition coefficient (Wildman–Crippen LogP) is 3.15. The molecule has 1 N–H and O–H groups in total. The van der Waals surface area contributed by atoms with Crippen molar-refractivity contribution in [3.05, 3.63) is 69.8 Å². The van der Waals surface area contributed by atoms with E-state index in [-0.39, 0.29) is 11.3 Å². The van der Waals surface area contributed by atoms with Gasteiger partial charge in [0.1, 0.15) is 5.75 Å². The molecule has 0 saturated heterocycles.